The number of esters is 1. The first-order valence-electron chi connectivity index (χ1n) is 7.53. The molecular formula is C16H22O5. The summed E-state index contributed by atoms with van der Waals surface area (Å²) >= 11 is 0. The molecule has 5 nitrogen and oxygen atoms in total. The van der Waals surface area contributed by atoms with Gasteiger partial charge < -0.3 is 14.6 Å². The molecule has 2 aliphatic carbocycles. The highest BCUT2D eigenvalue weighted by Crippen LogP contribution is 2.51. The molecule has 3 rings (SSSR count). The van der Waals surface area contributed by atoms with Gasteiger partial charge in [0.1, 0.15) is 11.9 Å². The van der Waals surface area contributed by atoms with Gasteiger partial charge in [-0.05, 0) is 12.3 Å². The third kappa shape index (κ3) is 2.14. The van der Waals surface area contributed by atoms with E-state index < -0.39 is 18.1 Å². The quantitative estimate of drug-likeness (QED) is 0.606. The van der Waals surface area contributed by atoms with Crippen molar-refractivity contribution < 1.29 is 24.2 Å². The minimum atomic E-state index is -0.665. The monoisotopic (exact) mass is 294 g/mol. The lowest BCUT2D eigenvalue weighted by molar-refractivity contribution is -0.148. The van der Waals surface area contributed by atoms with E-state index in [1.54, 1.807) is 0 Å². The van der Waals surface area contributed by atoms with Gasteiger partial charge in [-0.25, -0.2) is 0 Å². The average Bonchev–Trinajstić information content (AvgIpc) is 2.86. The van der Waals surface area contributed by atoms with Crippen LogP contribution in [0.5, 0.6) is 0 Å². The van der Waals surface area contributed by atoms with E-state index in [0.29, 0.717) is 12.8 Å². The molecule has 1 saturated heterocycles. The van der Waals surface area contributed by atoms with Gasteiger partial charge in [-0.3, -0.25) is 9.59 Å². The summed E-state index contributed by atoms with van der Waals surface area (Å²) in [5.41, 5.74) is 0.909. The summed E-state index contributed by atoms with van der Waals surface area (Å²) in [6.07, 6.45) is -0.188. The van der Waals surface area contributed by atoms with E-state index in [4.69, 9.17) is 9.47 Å². The molecule has 0 aromatic carbocycles. The van der Waals surface area contributed by atoms with E-state index in [-0.39, 0.29) is 42.0 Å². The Labute approximate surface area is 124 Å². The number of ether oxygens (including phenoxy) is 2. The number of rotatable bonds is 2. The van der Waals surface area contributed by atoms with Gasteiger partial charge in [0.2, 0.25) is 0 Å². The number of aliphatic hydroxyl groups excluding tert-OH is 1. The van der Waals surface area contributed by atoms with Crippen LogP contribution in [0.2, 0.25) is 0 Å². The number of ketones is 1. The first-order valence-corrected chi connectivity index (χ1v) is 7.53. The van der Waals surface area contributed by atoms with Crippen molar-refractivity contribution in [2.75, 3.05) is 13.7 Å². The zero-order chi connectivity index (χ0) is 15.3. The zero-order valence-corrected chi connectivity index (χ0v) is 12.5. The second-order valence-electron chi connectivity index (χ2n) is 6.61. The molecule has 0 amide bonds. The van der Waals surface area contributed by atoms with Crippen LogP contribution in [0.1, 0.15) is 19.8 Å². The number of carbonyl (C=O) groups is 2. The topological polar surface area (TPSA) is 72.8 Å². The largest absolute Gasteiger partial charge is 0.461 e. The maximum Gasteiger partial charge on any atom is 0.312 e. The van der Waals surface area contributed by atoms with Crippen LogP contribution in [0.25, 0.3) is 0 Å². The molecule has 0 unspecified atom stereocenters. The van der Waals surface area contributed by atoms with Gasteiger partial charge in [0.05, 0.1) is 18.6 Å². The zero-order valence-electron chi connectivity index (χ0n) is 12.5. The van der Waals surface area contributed by atoms with Crippen molar-refractivity contribution in [2.24, 2.45) is 29.6 Å². The van der Waals surface area contributed by atoms with E-state index in [2.05, 4.69) is 6.58 Å². The summed E-state index contributed by atoms with van der Waals surface area (Å²) in [5, 5.41) is 10.5. The number of hydrogen-bond donors (Lipinski definition) is 1. The second-order valence-corrected chi connectivity index (χ2v) is 6.61. The molecule has 0 aromatic heterocycles. The minimum absolute atomic E-state index is 0.0197. The molecule has 3 fully saturated rings. The number of hydrogen-bond acceptors (Lipinski definition) is 5. The molecule has 1 heterocycles. The maximum absolute atomic E-state index is 12.1. The third-order valence-corrected chi connectivity index (χ3v) is 5.54. The van der Waals surface area contributed by atoms with Crippen LogP contribution in [0, 0.1) is 29.6 Å². The minimum Gasteiger partial charge on any atom is -0.461 e. The molecular weight excluding hydrogens is 272 g/mol. The van der Waals surface area contributed by atoms with Gasteiger partial charge in [-0.15, -0.1) is 0 Å². The number of carbonyl (C=O) groups excluding carboxylic acids is 2. The summed E-state index contributed by atoms with van der Waals surface area (Å²) in [6, 6.07) is 0. The Bertz CT molecular complexity index is 485. The molecule has 116 valence electrons. The standard InChI is InChI=1S/C16H22O5/c1-7-4-12(18)14-10(6-20-3)16(19)21-15(14)13-8(2)11(17)5-9(7)13/h8-10,12-15,18H,1,4-6H2,2-3H3/t8-,9+,10+,12-,13+,14-,15-/m0/s1. The first-order chi connectivity index (χ1) is 9.95. The van der Waals surface area contributed by atoms with Crippen LogP contribution in [0.3, 0.4) is 0 Å². The molecule has 0 bridgehead atoms. The van der Waals surface area contributed by atoms with E-state index in [1.807, 2.05) is 6.92 Å². The summed E-state index contributed by atoms with van der Waals surface area (Å²) in [5.74, 6) is -1.07. The van der Waals surface area contributed by atoms with Gasteiger partial charge in [0.15, 0.2) is 0 Å². The predicted molar refractivity (Wildman–Crippen MR) is 74.3 cm³/mol. The van der Waals surface area contributed by atoms with E-state index >= 15 is 0 Å². The van der Waals surface area contributed by atoms with Gasteiger partial charge in [-0.2, -0.15) is 0 Å². The maximum atomic E-state index is 12.1. The number of fused-ring (bicyclic) bond motifs is 3. The normalized spacial score (nSPS) is 46.0. The van der Waals surface area contributed by atoms with Crippen LogP contribution in [0.15, 0.2) is 12.2 Å². The van der Waals surface area contributed by atoms with Crippen molar-refractivity contribution in [1.82, 2.24) is 0 Å². The molecule has 0 spiro atoms. The number of methoxy groups -OCH3 is 1. The molecule has 0 aromatic rings. The fourth-order valence-electron chi connectivity index (χ4n) is 4.46. The fraction of sp³-hybridized carbons (Fsp3) is 0.750. The van der Waals surface area contributed by atoms with Crippen LogP contribution >= 0.6 is 0 Å². The molecule has 21 heavy (non-hydrogen) atoms. The highest BCUT2D eigenvalue weighted by molar-refractivity contribution is 5.85. The fourth-order valence-corrected chi connectivity index (χ4v) is 4.46. The van der Waals surface area contributed by atoms with Gasteiger partial charge in [0.25, 0.3) is 0 Å². The molecule has 2 saturated carbocycles. The van der Waals surface area contributed by atoms with Gasteiger partial charge in [-0.1, -0.05) is 19.1 Å². The highest BCUT2D eigenvalue weighted by atomic mass is 16.6. The molecule has 1 aliphatic heterocycles. The number of aliphatic hydroxyl groups is 1. The lowest BCUT2D eigenvalue weighted by Crippen LogP contribution is -2.38. The van der Waals surface area contributed by atoms with E-state index in [9.17, 15) is 14.7 Å². The lowest BCUT2D eigenvalue weighted by Gasteiger charge is -2.29. The predicted octanol–water partition coefficient (Wildman–Crippen LogP) is 0.953. The Morgan fingerprint density at radius 3 is 2.71 bits per heavy atom. The number of Topliss-reactive ketones (excluding diaryl/α,β-unsaturated/α-hetero) is 1. The summed E-state index contributed by atoms with van der Waals surface area (Å²) in [4.78, 5) is 24.2. The Morgan fingerprint density at radius 1 is 1.33 bits per heavy atom. The van der Waals surface area contributed by atoms with Crippen LogP contribution in [-0.4, -0.2) is 42.8 Å². The Balaban J connectivity index is 1.98. The molecule has 3 aliphatic rings. The molecule has 1 N–H and O–H groups in total. The summed E-state index contributed by atoms with van der Waals surface area (Å²) in [7, 11) is 1.53. The van der Waals surface area contributed by atoms with E-state index in [0.717, 1.165) is 5.57 Å². The smallest absolute Gasteiger partial charge is 0.312 e. The van der Waals surface area contributed by atoms with Crippen molar-refractivity contribution in [3.05, 3.63) is 12.2 Å². The van der Waals surface area contributed by atoms with Crippen molar-refractivity contribution in [3.63, 3.8) is 0 Å². The Morgan fingerprint density at radius 2 is 2.05 bits per heavy atom. The molecule has 7 atom stereocenters. The SMILES string of the molecule is C=C1C[C@H](O)[C@H]2[C@@H](OC(=O)[C@@H]2COC)[C@H]2[C@@H]1CC(=O)[C@@H]2C. The van der Waals surface area contributed by atoms with Crippen molar-refractivity contribution >= 4 is 11.8 Å². The van der Waals surface area contributed by atoms with Gasteiger partial charge in [0, 0.05) is 31.3 Å². The Kier molecular flexibility index (Phi) is 3.66. The molecule has 5 heteroatoms. The second kappa shape index (κ2) is 5.21. The third-order valence-electron chi connectivity index (χ3n) is 5.54. The average molecular weight is 294 g/mol. The van der Waals surface area contributed by atoms with Crippen molar-refractivity contribution in [1.29, 1.82) is 0 Å². The Hall–Kier alpha value is -1.20. The lowest BCUT2D eigenvalue weighted by atomic mass is 9.77. The highest BCUT2D eigenvalue weighted by Gasteiger charge is 2.58. The van der Waals surface area contributed by atoms with Crippen LogP contribution in [-0.2, 0) is 19.1 Å². The van der Waals surface area contributed by atoms with Crippen molar-refractivity contribution in [3.8, 4) is 0 Å². The summed E-state index contributed by atoms with van der Waals surface area (Å²) in [6.45, 7) is 6.20. The van der Waals surface area contributed by atoms with Crippen LogP contribution in [0.4, 0.5) is 0 Å². The first kappa shape index (κ1) is 14.7. The molecule has 0 radical (unpaired) electrons. The van der Waals surface area contributed by atoms with E-state index in [1.165, 1.54) is 7.11 Å². The summed E-state index contributed by atoms with van der Waals surface area (Å²) < 4.78 is 10.7. The van der Waals surface area contributed by atoms with Crippen LogP contribution < -0.4 is 0 Å². The van der Waals surface area contributed by atoms with Gasteiger partial charge >= 0.3 is 5.97 Å². The van der Waals surface area contributed by atoms with Crippen molar-refractivity contribution in [2.45, 2.75) is 32.0 Å².